The first-order valence-electron chi connectivity index (χ1n) is 12.2. The zero-order valence-electron chi connectivity index (χ0n) is 22.1. The van der Waals surface area contributed by atoms with Gasteiger partial charge in [0.1, 0.15) is 11.8 Å². The molecule has 2 aromatic carbocycles. The Balaban J connectivity index is 2.22. The van der Waals surface area contributed by atoms with E-state index in [-0.39, 0.29) is 18.2 Å². The van der Waals surface area contributed by atoms with Crippen LogP contribution in [0.5, 0.6) is 17.2 Å². The maximum Gasteiger partial charge on any atom is 0.242 e. The molecule has 0 aliphatic rings. The van der Waals surface area contributed by atoms with Gasteiger partial charge in [-0.05, 0) is 83.4 Å². The highest BCUT2D eigenvalue weighted by atomic mass is 16.5. The number of benzene rings is 2. The molecule has 1 atom stereocenters. The van der Waals surface area contributed by atoms with Crippen LogP contribution in [-0.2, 0) is 22.6 Å². The number of hydrogen-bond acceptors (Lipinski definition) is 5. The summed E-state index contributed by atoms with van der Waals surface area (Å²) in [5, 5.41) is 2.99. The minimum Gasteiger partial charge on any atom is -0.497 e. The normalized spacial score (nSPS) is 12.0. The average molecular weight is 485 g/mol. The first kappa shape index (κ1) is 28.0. The van der Waals surface area contributed by atoms with Crippen LogP contribution in [-0.4, -0.2) is 48.6 Å². The standard InChI is InChI=1S/C28H40N2O5/c1-8-34-24-15-13-21(18-25(24)35-9-2)14-16-26(31)30(20(3)27(32)29-28(4,5)6)19-22-11-10-12-23(17-22)33-7/h10-13,15,17-18,20H,8-9,14,16,19H2,1-7H3,(H,29,32)/t20-/m0/s1. The monoisotopic (exact) mass is 484 g/mol. The number of ether oxygens (including phenoxy) is 3. The second-order valence-corrected chi connectivity index (χ2v) is 9.44. The molecule has 0 aliphatic heterocycles. The number of nitrogens with zero attached hydrogens (tertiary/aromatic N) is 1. The van der Waals surface area contributed by atoms with Crippen LogP contribution < -0.4 is 19.5 Å². The Kier molecular flexibility index (Phi) is 10.4. The molecule has 0 unspecified atom stereocenters. The van der Waals surface area contributed by atoms with E-state index in [4.69, 9.17) is 14.2 Å². The Labute approximate surface area is 209 Å². The quantitative estimate of drug-likeness (QED) is 0.470. The molecular formula is C28H40N2O5. The molecule has 35 heavy (non-hydrogen) atoms. The van der Waals surface area contributed by atoms with Gasteiger partial charge in [0.05, 0.1) is 20.3 Å². The van der Waals surface area contributed by atoms with Gasteiger partial charge in [0, 0.05) is 18.5 Å². The molecule has 0 aromatic heterocycles. The van der Waals surface area contributed by atoms with E-state index in [1.165, 1.54) is 0 Å². The number of aryl methyl sites for hydroxylation is 1. The van der Waals surface area contributed by atoms with Crippen molar-refractivity contribution in [3.8, 4) is 17.2 Å². The van der Waals surface area contributed by atoms with Crippen molar-refractivity contribution in [1.29, 1.82) is 0 Å². The molecule has 0 aliphatic carbocycles. The summed E-state index contributed by atoms with van der Waals surface area (Å²) in [6.45, 7) is 12.8. The van der Waals surface area contributed by atoms with Crippen LogP contribution in [0, 0.1) is 0 Å². The lowest BCUT2D eigenvalue weighted by molar-refractivity contribution is -0.141. The van der Waals surface area contributed by atoms with Crippen LogP contribution in [0.3, 0.4) is 0 Å². The molecule has 0 heterocycles. The number of nitrogens with one attached hydrogen (secondary N) is 1. The van der Waals surface area contributed by atoms with Crippen molar-refractivity contribution in [2.75, 3.05) is 20.3 Å². The van der Waals surface area contributed by atoms with Crippen LogP contribution in [0.2, 0.25) is 0 Å². The van der Waals surface area contributed by atoms with E-state index in [1.807, 2.05) is 77.1 Å². The lowest BCUT2D eigenvalue weighted by atomic mass is 10.1. The van der Waals surface area contributed by atoms with Crippen LogP contribution in [0.1, 0.15) is 59.1 Å². The van der Waals surface area contributed by atoms with Gasteiger partial charge >= 0.3 is 0 Å². The summed E-state index contributed by atoms with van der Waals surface area (Å²) in [5.41, 5.74) is 1.47. The van der Waals surface area contributed by atoms with Crippen molar-refractivity contribution in [3.05, 3.63) is 53.6 Å². The predicted octanol–water partition coefficient (Wildman–Crippen LogP) is 4.76. The fourth-order valence-electron chi connectivity index (χ4n) is 3.67. The number of carbonyl (C=O) groups is 2. The summed E-state index contributed by atoms with van der Waals surface area (Å²) in [5.74, 6) is 1.78. The first-order valence-corrected chi connectivity index (χ1v) is 12.2. The van der Waals surface area contributed by atoms with Gasteiger partial charge in [0.25, 0.3) is 0 Å². The molecule has 0 radical (unpaired) electrons. The molecule has 2 amide bonds. The summed E-state index contributed by atoms with van der Waals surface area (Å²) in [4.78, 5) is 28.0. The third-order valence-electron chi connectivity index (χ3n) is 5.39. The SMILES string of the molecule is CCOc1ccc(CCC(=O)N(Cc2cccc(OC)c2)[C@@H](C)C(=O)NC(C)(C)C)cc1OCC. The Morgan fingerprint density at radius 2 is 1.66 bits per heavy atom. The van der Waals surface area contributed by atoms with Crippen LogP contribution in [0.25, 0.3) is 0 Å². The number of rotatable bonds is 12. The number of methoxy groups -OCH3 is 1. The van der Waals surface area contributed by atoms with E-state index in [2.05, 4.69) is 5.32 Å². The highest BCUT2D eigenvalue weighted by Gasteiger charge is 2.28. The molecule has 2 aromatic rings. The highest BCUT2D eigenvalue weighted by Crippen LogP contribution is 2.29. The maximum absolute atomic E-state index is 13.4. The lowest BCUT2D eigenvalue weighted by Gasteiger charge is -2.31. The molecular weight excluding hydrogens is 444 g/mol. The van der Waals surface area contributed by atoms with Crippen molar-refractivity contribution in [2.24, 2.45) is 0 Å². The smallest absolute Gasteiger partial charge is 0.242 e. The maximum atomic E-state index is 13.4. The third kappa shape index (κ3) is 8.81. The molecule has 7 nitrogen and oxygen atoms in total. The van der Waals surface area contributed by atoms with E-state index in [1.54, 1.807) is 18.9 Å². The van der Waals surface area contributed by atoms with Crippen LogP contribution in [0.4, 0.5) is 0 Å². The zero-order chi connectivity index (χ0) is 26.0. The first-order chi connectivity index (χ1) is 16.6. The summed E-state index contributed by atoms with van der Waals surface area (Å²) in [7, 11) is 1.61. The zero-order valence-corrected chi connectivity index (χ0v) is 22.1. The minimum atomic E-state index is -0.632. The van der Waals surface area contributed by atoms with Crippen molar-refractivity contribution >= 4 is 11.8 Å². The Morgan fingerprint density at radius 1 is 0.971 bits per heavy atom. The molecule has 0 saturated carbocycles. The van der Waals surface area contributed by atoms with Gasteiger partial charge in [-0.25, -0.2) is 0 Å². The van der Waals surface area contributed by atoms with Crippen LogP contribution in [0.15, 0.2) is 42.5 Å². The second kappa shape index (κ2) is 13.0. The van der Waals surface area contributed by atoms with E-state index < -0.39 is 11.6 Å². The summed E-state index contributed by atoms with van der Waals surface area (Å²) in [6.07, 6.45) is 0.782. The van der Waals surface area contributed by atoms with Crippen molar-refractivity contribution in [3.63, 3.8) is 0 Å². The molecule has 2 rings (SSSR count). The van der Waals surface area contributed by atoms with E-state index in [0.29, 0.717) is 43.4 Å². The fraction of sp³-hybridized carbons (Fsp3) is 0.500. The van der Waals surface area contributed by atoms with Gasteiger partial charge in [-0.3, -0.25) is 9.59 Å². The van der Waals surface area contributed by atoms with Crippen LogP contribution >= 0.6 is 0 Å². The molecule has 0 fully saturated rings. The largest absolute Gasteiger partial charge is 0.497 e. The Morgan fingerprint density at radius 3 is 2.29 bits per heavy atom. The van der Waals surface area contributed by atoms with Gasteiger partial charge in [0.15, 0.2) is 11.5 Å². The number of carbonyl (C=O) groups excluding carboxylic acids is 2. The molecule has 0 saturated heterocycles. The Hall–Kier alpha value is -3.22. The van der Waals surface area contributed by atoms with Gasteiger partial charge in [0.2, 0.25) is 11.8 Å². The molecule has 1 N–H and O–H groups in total. The predicted molar refractivity (Wildman–Crippen MR) is 138 cm³/mol. The molecule has 192 valence electrons. The summed E-state index contributed by atoms with van der Waals surface area (Å²) in [6, 6.07) is 12.7. The van der Waals surface area contributed by atoms with E-state index in [0.717, 1.165) is 11.1 Å². The number of hydrogen-bond donors (Lipinski definition) is 1. The minimum absolute atomic E-state index is 0.101. The van der Waals surface area contributed by atoms with Gasteiger partial charge in [-0.15, -0.1) is 0 Å². The van der Waals surface area contributed by atoms with E-state index in [9.17, 15) is 9.59 Å². The topological polar surface area (TPSA) is 77.1 Å². The van der Waals surface area contributed by atoms with Gasteiger partial charge in [-0.2, -0.15) is 0 Å². The van der Waals surface area contributed by atoms with Crippen molar-refractivity contribution in [2.45, 2.75) is 72.5 Å². The molecule has 7 heteroatoms. The number of amides is 2. The lowest BCUT2D eigenvalue weighted by Crippen LogP contribution is -2.52. The van der Waals surface area contributed by atoms with Gasteiger partial charge < -0.3 is 24.4 Å². The van der Waals surface area contributed by atoms with Crippen molar-refractivity contribution in [1.82, 2.24) is 10.2 Å². The highest BCUT2D eigenvalue weighted by molar-refractivity contribution is 5.87. The third-order valence-corrected chi connectivity index (χ3v) is 5.39. The summed E-state index contributed by atoms with van der Waals surface area (Å²) < 4.78 is 16.7. The molecule has 0 spiro atoms. The Bertz CT molecular complexity index is 984. The average Bonchev–Trinajstić information content (AvgIpc) is 2.81. The fourth-order valence-corrected chi connectivity index (χ4v) is 3.67. The second-order valence-electron chi connectivity index (χ2n) is 9.44. The molecule has 0 bridgehead atoms. The van der Waals surface area contributed by atoms with E-state index >= 15 is 0 Å². The van der Waals surface area contributed by atoms with Gasteiger partial charge in [-0.1, -0.05) is 18.2 Å². The van der Waals surface area contributed by atoms with Crippen molar-refractivity contribution < 1.29 is 23.8 Å². The summed E-state index contributed by atoms with van der Waals surface area (Å²) >= 11 is 0.